The summed E-state index contributed by atoms with van der Waals surface area (Å²) in [7, 11) is 1.55. The number of carbonyl (C=O) groups excluding carboxylic acids is 2. The first kappa shape index (κ1) is 19.7. The average molecular weight is 407 g/mol. The third kappa shape index (κ3) is 3.44. The van der Waals surface area contributed by atoms with Crippen molar-refractivity contribution >= 4 is 17.4 Å². The maximum absolute atomic E-state index is 13.2. The molecule has 0 radical (unpaired) electrons. The Hall–Kier alpha value is -3.58. The fourth-order valence-corrected chi connectivity index (χ4v) is 3.64. The molecule has 1 aromatic heterocycles. The van der Waals surface area contributed by atoms with Crippen molar-refractivity contribution in [2.45, 2.75) is 12.0 Å². The molecule has 0 spiro atoms. The normalized spacial score (nSPS) is 17.7. The van der Waals surface area contributed by atoms with E-state index < -0.39 is 23.7 Å². The molecule has 1 aliphatic rings. The lowest BCUT2D eigenvalue weighted by atomic mass is 9.89. The summed E-state index contributed by atoms with van der Waals surface area (Å²) in [5.41, 5.74) is -1.00. The van der Waals surface area contributed by atoms with Crippen molar-refractivity contribution in [3.05, 3.63) is 78.3 Å². The summed E-state index contributed by atoms with van der Waals surface area (Å²) in [5.74, 6) is 0.242. The minimum atomic E-state index is -1.95. The minimum absolute atomic E-state index is 0.103. The number of ether oxygens (including phenoxy) is 2. The summed E-state index contributed by atoms with van der Waals surface area (Å²) in [6, 6.07) is 17.2. The number of ketones is 1. The first-order valence-electron chi connectivity index (χ1n) is 9.51. The SMILES string of the molecule is COc1ccccc1OCCN1C(=O)C(O)(CC(=O)c2ccco2)c2ccccc21. The van der Waals surface area contributed by atoms with Gasteiger partial charge in [0, 0.05) is 5.56 Å². The highest BCUT2D eigenvalue weighted by Crippen LogP contribution is 2.42. The van der Waals surface area contributed by atoms with Gasteiger partial charge in [-0.15, -0.1) is 0 Å². The number of anilines is 1. The second-order valence-corrected chi connectivity index (χ2v) is 6.91. The number of furan rings is 1. The maximum Gasteiger partial charge on any atom is 0.264 e. The van der Waals surface area contributed by atoms with Gasteiger partial charge in [-0.05, 0) is 30.3 Å². The summed E-state index contributed by atoms with van der Waals surface area (Å²) < 4.78 is 16.2. The third-order valence-electron chi connectivity index (χ3n) is 5.09. The van der Waals surface area contributed by atoms with Gasteiger partial charge in [-0.2, -0.15) is 0 Å². The molecule has 0 saturated carbocycles. The molecule has 1 aliphatic heterocycles. The summed E-state index contributed by atoms with van der Waals surface area (Å²) in [6.07, 6.45) is 0.976. The number of methoxy groups -OCH3 is 1. The molecule has 1 unspecified atom stereocenters. The lowest BCUT2D eigenvalue weighted by Gasteiger charge is -2.22. The molecule has 3 aromatic rings. The monoisotopic (exact) mass is 407 g/mol. The molecular weight excluding hydrogens is 386 g/mol. The second-order valence-electron chi connectivity index (χ2n) is 6.91. The third-order valence-corrected chi connectivity index (χ3v) is 5.09. The zero-order valence-electron chi connectivity index (χ0n) is 16.4. The first-order chi connectivity index (χ1) is 14.5. The van der Waals surface area contributed by atoms with Gasteiger partial charge in [0.15, 0.2) is 22.9 Å². The Morgan fingerprint density at radius 1 is 1.07 bits per heavy atom. The Bertz CT molecular complexity index is 1060. The van der Waals surface area contributed by atoms with Crippen LogP contribution in [0.3, 0.4) is 0 Å². The van der Waals surface area contributed by atoms with Gasteiger partial charge >= 0.3 is 0 Å². The molecular formula is C23H21NO6. The molecule has 1 amide bonds. The van der Waals surface area contributed by atoms with E-state index in [1.54, 1.807) is 49.6 Å². The molecule has 30 heavy (non-hydrogen) atoms. The van der Waals surface area contributed by atoms with Gasteiger partial charge in [0.2, 0.25) is 5.78 Å². The lowest BCUT2D eigenvalue weighted by molar-refractivity contribution is -0.136. The maximum atomic E-state index is 13.2. The molecule has 2 aromatic carbocycles. The zero-order valence-corrected chi connectivity index (χ0v) is 16.4. The van der Waals surface area contributed by atoms with Crippen molar-refractivity contribution in [3.63, 3.8) is 0 Å². The van der Waals surface area contributed by atoms with Crippen LogP contribution in [0.4, 0.5) is 5.69 Å². The van der Waals surface area contributed by atoms with E-state index in [1.807, 2.05) is 12.1 Å². The van der Waals surface area contributed by atoms with E-state index in [9.17, 15) is 14.7 Å². The van der Waals surface area contributed by atoms with Crippen LogP contribution in [0.15, 0.2) is 71.3 Å². The summed E-state index contributed by atoms with van der Waals surface area (Å²) in [4.78, 5) is 27.1. The van der Waals surface area contributed by atoms with Crippen LogP contribution in [-0.2, 0) is 10.4 Å². The van der Waals surface area contributed by atoms with Gasteiger partial charge in [0.05, 0.1) is 32.0 Å². The van der Waals surface area contributed by atoms with Crippen LogP contribution in [0.1, 0.15) is 22.5 Å². The fourth-order valence-electron chi connectivity index (χ4n) is 3.64. The number of fused-ring (bicyclic) bond motifs is 1. The van der Waals surface area contributed by atoms with E-state index >= 15 is 0 Å². The Balaban J connectivity index is 1.53. The van der Waals surface area contributed by atoms with Gasteiger partial charge in [-0.25, -0.2) is 0 Å². The molecule has 0 bridgehead atoms. The number of Topliss-reactive ketones (excluding diaryl/α,β-unsaturated/α-hetero) is 1. The van der Waals surface area contributed by atoms with E-state index in [0.717, 1.165) is 0 Å². The van der Waals surface area contributed by atoms with E-state index in [1.165, 1.54) is 17.2 Å². The molecule has 2 heterocycles. The van der Waals surface area contributed by atoms with E-state index in [2.05, 4.69) is 0 Å². The van der Waals surface area contributed by atoms with Crippen molar-refractivity contribution in [2.75, 3.05) is 25.2 Å². The topological polar surface area (TPSA) is 89.2 Å². The number of hydrogen-bond donors (Lipinski definition) is 1. The van der Waals surface area contributed by atoms with Crippen molar-refractivity contribution < 1.29 is 28.6 Å². The number of rotatable bonds is 8. The highest BCUT2D eigenvalue weighted by Gasteiger charge is 2.51. The number of amides is 1. The summed E-state index contributed by atoms with van der Waals surface area (Å²) >= 11 is 0. The Labute approximate surface area is 173 Å². The summed E-state index contributed by atoms with van der Waals surface area (Å²) in [6.45, 7) is 0.383. The zero-order chi connectivity index (χ0) is 21.1. The van der Waals surface area contributed by atoms with Gasteiger partial charge in [-0.3, -0.25) is 9.59 Å². The van der Waals surface area contributed by atoms with Crippen molar-refractivity contribution in [1.82, 2.24) is 0 Å². The number of carbonyl (C=O) groups is 2. The van der Waals surface area contributed by atoms with Crippen LogP contribution in [-0.4, -0.2) is 37.1 Å². The van der Waals surface area contributed by atoms with E-state index in [4.69, 9.17) is 13.9 Å². The first-order valence-corrected chi connectivity index (χ1v) is 9.51. The minimum Gasteiger partial charge on any atom is -0.493 e. The molecule has 1 atom stereocenters. The largest absolute Gasteiger partial charge is 0.493 e. The van der Waals surface area contributed by atoms with Gasteiger partial charge in [0.25, 0.3) is 5.91 Å². The van der Waals surface area contributed by atoms with Gasteiger partial charge in [-0.1, -0.05) is 30.3 Å². The average Bonchev–Trinajstić information content (AvgIpc) is 3.37. The standard InChI is InChI=1S/C23H21NO6/c1-28-20-9-4-5-10-21(20)30-14-12-24-17-8-3-2-7-16(17)23(27,22(24)26)15-18(25)19-11-6-13-29-19/h2-11,13,27H,12,14-15H2,1H3. The smallest absolute Gasteiger partial charge is 0.264 e. The number of nitrogens with zero attached hydrogens (tertiary/aromatic N) is 1. The number of aliphatic hydroxyl groups is 1. The van der Waals surface area contributed by atoms with Crippen LogP contribution >= 0.6 is 0 Å². The van der Waals surface area contributed by atoms with Crippen LogP contribution in [0.2, 0.25) is 0 Å². The second kappa shape index (κ2) is 8.04. The van der Waals surface area contributed by atoms with Crippen LogP contribution in [0, 0.1) is 0 Å². The van der Waals surface area contributed by atoms with Crippen LogP contribution in [0.25, 0.3) is 0 Å². The van der Waals surface area contributed by atoms with Gasteiger partial charge in [0.1, 0.15) is 6.61 Å². The molecule has 4 rings (SSSR count). The van der Waals surface area contributed by atoms with Crippen molar-refractivity contribution in [2.24, 2.45) is 0 Å². The number of hydrogen-bond acceptors (Lipinski definition) is 6. The van der Waals surface area contributed by atoms with E-state index in [0.29, 0.717) is 22.7 Å². The van der Waals surface area contributed by atoms with Gasteiger partial charge < -0.3 is 23.9 Å². The molecule has 0 fully saturated rings. The van der Waals surface area contributed by atoms with Crippen LogP contribution < -0.4 is 14.4 Å². The molecule has 0 aliphatic carbocycles. The van der Waals surface area contributed by atoms with E-state index in [-0.39, 0.29) is 18.9 Å². The predicted molar refractivity (Wildman–Crippen MR) is 109 cm³/mol. The fraction of sp³-hybridized carbons (Fsp3) is 0.217. The quantitative estimate of drug-likeness (QED) is 0.577. The Morgan fingerprint density at radius 2 is 1.80 bits per heavy atom. The molecule has 0 saturated heterocycles. The van der Waals surface area contributed by atoms with Crippen molar-refractivity contribution in [3.8, 4) is 11.5 Å². The molecule has 154 valence electrons. The molecule has 7 heteroatoms. The number of para-hydroxylation sites is 3. The Morgan fingerprint density at radius 3 is 2.53 bits per heavy atom. The highest BCUT2D eigenvalue weighted by molar-refractivity contribution is 6.10. The highest BCUT2D eigenvalue weighted by atomic mass is 16.5. The molecule has 7 nitrogen and oxygen atoms in total. The molecule has 1 N–H and O–H groups in total. The lowest BCUT2D eigenvalue weighted by Crippen LogP contribution is -2.43. The number of benzene rings is 2. The predicted octanol–water partition coefficient (Wildman–Crippen LogP) is 3.17. The summed E-state index contributed by atoms with van der Waals surface area (Å²) in [5, 5.41) is 11.2. The Kier molecular flexibility index (Phi) is 5.29. The van der Waals surface area contributed by atoms with Crippen molar-refractivity contribution in [1.29, 1.82) is 0 Å². The van der Waals surface area contributed by atoms with Crippen LogP contribution in [0.5, 0.6) is 11.5 Å².